The van der Waals surface area contributed by atoms with Gasteiger partial charge in [-0.25, -0.2) is 0 Å². The van der Waals surface area contributed by atoms with Crippen molar-refractivity contribution in [3.05, 3.63) is 36.9 Å². The highest BCUT2D eigenvalue weighted by Crippen LogP contribution is 2.10. The van der Waals surface area contributed by atoms with Crippen LogP contribution < -0.4 is 0 Å². The minimum absolute atomic E-state index is 0.841. The van der Waals surface area contributed by atoms with E-state index in [0.29, 0.717) is 0 Å². The van der Waals surface area contributed by atoms with E-state index in [1.54, 1.807) is 18.6 Å². The molecule has 2 heterocycles. The van der Waals surface area contributed by atoms with Gasteiger partial charge in [-0.15, -0.1) is 0 Å². The lowest BCUT2D eigenvalue weighted by molar-refractivity contribution is 1.19. The van der Waals surface area contributed by atoms with Gasteiger partial charge in [-0.05, 0) is 12.1 Å². The number of nitrogens with one attached hydrogen (secondary N) is 1. The summed E-state index contributed by atoms with van der Waals surface area (Å²) in [6.07, 6.45) is 7.86. The van der Waals surface area contributed by atoms with Crippen molar-refractivity contribution < 1.29 is 0 Å². The molecule has 2 aromatic rings. The maximum Gasteiger partial charge on any atom is 0.105 e. The van der Waals surface area contributed by atoms with Crippen molar-refractivity contribution in [2.75, 3.05) is 0 Å². The van der Waals surface area contributed by atoms with Crippen molar-refractivity contribution in [2.45, 2.75) is 0 Å². The van der Waals surface area contributed by atoms with Gasteiger partial charge in [0.05, 0.1) is 18.1 Å². The standard InChI is InChI=1S/C8H6N3/c1-2-7(10-3-1)8-6-9-4-5-11-8/h1-2,4-6,10H. The molecule has 0 aliphatic heterocycles. The van der Waals surface area contributed by atoms with E-state index >= 15 is 0 Å². The number of H-pyrrole nitrogens is 1. The minimum Gasteiger partial charge on any atom is -0.352 e. The van der Waals surface area contributed by atoms with Crippen molar-refractivity contribution >= 4 is 0 Å². The lowest BCUT2D eigenvalue weighted by Gasteiger charge is -1.92. The summed E-state index contributed by atoms with van der Waals surface area (Å²) in [5.41, 5.74) is 1.78. The number of hydrogen-bond acceptors (Lipinski definition) is 2. The molecule has 0 aliphatic rings. The van der Waals surface area contributed by atoms with Crippen LogP contribution in [0.2, 0.25) is 0 Å². The van der Waals surface area contributed by atoms with E-state index in [0.717, 1.165) is 11.4 Å². The second kappa shape index (κ2) is 2.54. The Labute approximate surface area is 64.1 Å². The van der Waals surface area contributed by atoms with Gasteiger partial charge >= 0.3 is 0 Å². The molecular formula is C8H6N3. The Balaban J connectivity index is 2.46. The maximum absolute atomic E-state index is 4.11. The van der Waals surface area contributed by atoms with Gasteiger partial charge in [0.25, 0.3) is 0 Å². The van der Waals surface area contributed by atoms with Crippen LogP contribution in [0.5, 0.6) is 0 Å². The molecule has 0 saturated heterocycles. The molecule has 0 aromatic carbocycles. The summed E-state index contributed by atoms with van der Waals surface area (Å²) in [6.45, 7) is 0. The van der Waals surface area contributed by atoms with Crippen LogP contribution >= 0.6 is 0 Å². The van der Waals surface area contributed by atoms with Gasteiger partial charge in [0.1, 0.15) is 5.69 Å². The molecule has 0 bridgehead atoms. The molecule has 0 atom stereocenters. The SMILES string of the molecule is [c]1ccc(-c2cnccn2)[nH]1. The second-order valence-corrected chi connectivity index (χ2v) is 2.11. The van der Waals surface area contributed by atoms with E-state index in [-0.39, 0.29) is 0 Å². The van der Waals surface area contributed by atoms with Gasteiger partial charge in [-0.2, -0.15) is 0 Å². The van der Waals surface area contributed by atoms with Crippen LogP contribution in [0.25, 0.3) is 11.4 Å². The molecule has 3 nitrogen and oxygen atoms in total. The fraction of sp³-hybridized carbons (Fsp3) is 0. The molecule has 3 heteroatoms. The Morgan fingerprint density at radius 3 is 3.00 bits per heavy atom. The quantitative estimate of drug-likeness (QED) is 0.654. The molecule has 0 amide bonds. The lowest BCUT2D eigenvalue weighted by atomic mass is 10.3. The van der Waals surface area contributed by atoms with E-state index in [9.17, 15) is 0 Å². The Hall–Kier alpha value is -1.64. The predicted molar refractivity (Wildman–Crippen MR) is 40.7 cm³/mol. The van der Waals surface area contributed by atoms with E-state index in [1.807, 2.05) is 12.1 Å². The zero-order valence-corrected chi connectivity index (χ0v) is 5.78. The van der Waals surface area contributed by atoms with Gasteiger partial charge in [0.15, 0.2) is 0 Å². The summed E-state index contributed by atoms with van der Waals surface area (Å²) >= 11 is 0. The first-order valence-corrected chi connectivity index (χ1v) is 3.28. The Kier molecular flexibility index (Phi) is 1.41. The average Bonchev–Trinajstić information content (AvgIpc) is 2.58. The monoisotopic (exact) mass is 144 g/mol. The molecule has 11 heavy (non-hydrogen) atoms. The van der Waals surface area contributed by atoms with Crippen LogP contribution in [0.15, 0.2) is 30.7 Å². The molecule has 0 fully saturated rings. The van der Waals surface area contributed by atoms with Gasteiger partial charge < -0.3 is 4.98 Å². The number of nitrogens with zero attached hydrogens (tertiary/aromatic N) is 2. The lowest BCUT2D eigenvalue weighted by Crippen LogP contribution is -1.82. The van der Waals surface area contributed by atoms with Crippen molar-refractivity contribution in [3.8, 4) is 11.4 Å². The van der Waals surface area contributed by atoms with Crippen LogP contribution in [0.4, 0.5) is 0 Å². The first-order chi connectivity index (χ1) is 5.47. The van der Waals surface area contributed by atoms with Crippen molar-refractivity contribution in [3.63, 3.8) is 0 Å². The normalized spacial score (nSPS) is 9.82. The molecule has 2 rings (SSSR count). The van der Waals surface area contributed by atoms with Crippen molar-refractivity contribution in [1.29, 1.82) is 0 Å². The molecule has 53 valence electrons. The molecule has 0 spiro atoms. The summed E-state index contributed by atoms with van der Waals surface area (Å²) in [5.74, 6) is 0. The van der Waals surface area contributed by atoms with Gasteiger partial charge in [-0.3, -0.25) is 9.97 Å². The van der Waals surface area contributed by atoms with Crippen LogP contribution in [0.3, 0.4) is 0 Å². The highest BCUT2D eigenvalue weighted by molar-refractivity contribution is 5.51. The second-order valence-electron chi connectivity index (χ2n) is 2.11. The van der Waals surface area contributed by atoms with Crippen molar-refractivity contribution in [1.82, 2.24) is 15.0 Å². The zero-order chi connectivity index (χ0) is 7.52. The highest BCUT2D eigenvalue weighted by atomic mass is 14.8. The molecule has 0 unspecified atom stereocenters. The third-order valence-electron chi connectivity index (χ3n) is 1.38. The fourth-order valence-electron chi connectivity index (χ4n) is 0.874. The zero-order valence-electron chi connectivity index (χ0n) is 5.78. The third-order valence-corrected chi connectivity index (χ3v) is 1.38. The number of hydrogen-bond donors (Lipinski definition) is 1. The molecule has 2 aromatic heterocycles. The van der Waals surface area contributed by atoms with Gasteiger partial charge in [0.2, 0.25) is 0 Å². The summed E-state index contributed by atoms with van der Waals surface area (Å²) in [6, 6.07) is 3.72. The smallest absolute Gasteiger partial charge is 0.105 e. The van der Waals surface area contributed by atoms with E-state index in [1.165, 1.54) is 0 Å². The largest absolute Gasteiger partial charge is 0.352 e. The number of aromatic nitrogens is 3. The van der Waals surface area contributed by atoms with E-state index in [2.05, 4.69) is 21.1 Å². The Morgan fingerprint density at radius 2 is 2.36 bits per heavy atom. The molecule has 0 saturated carbocycles. The molecule has 0 aliphatic carbocycles. The molecule has 1 radical (unpaired) electrons. The first-order valence-electron chi connectivity index (χ1n) is 3.28. The Bertz CT molecular complexity index is 312. The number of rotatable bonds is 1. The van der Waals surface area contributed by atoms with E-state index in [4.69, 9.17) is 0 Å². The van der Waals surface area contributed by atoms with Gasteiger partial charge in [-0.1, -0.05) is 0 Å². The maximum atomic E-state index is 4.11. The summed E-state index contributed by atoms with van der Waals surface area (Å²) in [4.78, 5) is 11.0. The summed E-state index contributed by atoms with van der Waals surface area (Å²) in [5, 5.41) is 0. The number of aromatic amines is 1. The van der Waals surface area contributed by atoms with Crippen LogP contribution in [0, 0.1) is 6.20 Å². The predicted octanol–water partition coefficient (Wildman–Crippen LogP) is 1.27. The topological polar surface area (TPSA) is 41.6 Å². The van der Waals surface area contributed by atoms with E-state index < -0.39 is 0 Å². The Morgan fingerprint density at radius 1 is 1.36 bits per heavy atom. The molecule has 1 N–H and O–H groups in total. The summed E-state index contributed by atoms with van der Waals surface area (Å²) < 4.78 is 0. The van der Waals surface area contributed by atoms with Crippen LogP contribution in [-0.4, -0.2) is 15.0 Å². The average molecular weight is 144 g/mol. The van der Waals surface area contributed by atoms with Gasteiger partial charge in [0, 0.05) is 12.4 Å². The first kappa shape index (κ1) is 6.09. The minimum atomic E-state index is 0.841. The fourth-order valence-corrected chi connectivity index (χ4v) is 0.874. The molecular weight excluding hydrogens is 138 g/mol. The van der Waals surface area contributed by atoms with Crippen molar-refractivity contribution in [2.24, 2.45) is 0 Å². The third kappa shape index (κ3) is 1.12. The van der Waals surface area contributed by atoms with Crippen LogP contribution in [0.1, 0.15) is 0 Å². The van der Waals surface area contributed by atoms with Crippen LogP contribution in [-0.2, 0) is 0 Å². The summed E-state index contributed by atoms with van der Waals surface area (Å²) in [7, 11) is 0. The highest BCUT2D eigenvalue weighted by Gasteiger charge is 1.96.